The lowest BCUT2D eigenvalue weighted by molar-refractivity contribution is -0.134. The van der Waals surface area contributed by atoms with E-state index in [4.69, 9.17) is 0 Å². The van der Waals surface area contributed by atoms with Crippen molar-refractivity contribution in [1.82, 2.24) is 14.9 Å². The highest BCUT2D eigenvalue weighted by Crippen LogP contribution is 2.31. The van der Waals surface area contributed by atoms with Gasteiger partial charge in [-0.2, -0.15) is 18.4 Å². The lowest BCUT2D eigenvalue weighted by atomic mass is 9.79. The summed E-state index contributed by atoms with van der Waals surface area (Å²) in [6.07, 6.45) is -2.71. The average molecular weight is 481 g/mol. The summed E-state index contributed by atoms with van der Waals surface area (Å²) in [5, 5.41) is 23.1. The van der Waals surface area contributed by atoms with Crippen LogP contribution in [-0.2, 0) is 12.8 Å². The number of halogens is 4. The van der Waals surface area contributed by atoms with E-state index in [-0.39, 0.29) is 47.8 Å². The monoisotopic (exact) mass is 480 g/mol. The number of rotatable bonds is 7. The minimum absolute atomic E-state index is 0.0139. The van der Waals surface area contributed by atoms with Gasteiger partial charge in [0, 0.05) is 19.4 Å². The third-order valence-corrected chi connectivity index (χ3v) is 6.32. The summed E-state index contributed by atoms with van der Waals surface area (Å²) < 4.78 is 53.6. The quantitative estimate of drug-likeness (QED) is 0.566. The second kappa shape index (κ2) is 10.1. The molecule has 1 saturated carbocycles. The van der Waals surface area contributed by atoms with Gasteiger partial charge in [0.15, 0.2) is 11.4 Å². The SMILES string of the molecule is CCc1nc(C(=O)NCC2(O)CCC(C)CC2)c(C#N)n1-c1ccc(CCC(F)(F)F)cc1F. The molecule has 34 heavy (non-hydrogen) atoms. The molecular weight excluding hydrogens is 452 g/mol. The highest BCUT2D eigenvalue weighted by Gasteiger charge is 2.33. The molecule has 3 rings (SSSR count). The first-order valence-electron chi connectivity index (χ1n) is 11.3. The second-order valence-corrected chi connectivity index (χ2v) is 9.02. The van der Waals surface area contributed by atoms with Crippen LogP contribution in [0.4, 0.5) is 17.6 Å². The number of imidazole rings is 1. The van der Waals surface area contributed by atoms with Gasteiger partial charge in [-0.15, -0.1) is 0 Å². The molecule has 1 aliphatic carbocycles. The van der Waals surface area contributed by atoms with Crippen LogP contribution in [0.1, 0.15) is 73.5 Å². The summed E-state index contributed by atoms with van der Waals surface area (Å²) in [4.78, 5) is 17.1. The van der Waals surface area contributed by atoms with Gasteiger partial charge < -0.3 is 10.4 Å². The van der Waals surface area contributed by atoms with Crippen LogP contribution in [0.2, 0.25) is 0 Å². The molecule has 0 unspecified atom stereocenters. The van der Waals surface area contributed by atoms with E-state index in [2.05, 4.69) is 17.2 Å². The predicted octanol–water partition coefficient (Wildman–Crippen LogP) is 4.61. The van der Waals surface area contributed by atoms with Crippen molar-refractivity contribution >= 4 is 5.91 Å². The van der Waals surface area contributed by atoms with Crippen LogP contribution >= 0.6 is 0 Å². The van der Waals surface area contributed by atoms with Crippen LogP contribution in [-0.4, -0.2) is 38.9 Å². The van der Waals surface area contributed by atoms with Crippen molar-refractivity contribution in [2.75, 3.05) is 6.54 Å². The molecule has 2 N–H and O–H groups in total. The number of alkyl halides is 3. The third-order valence-electron chi connectivity index (χ3n) is 6.32. The van der Waals surface area contributed by atoms with Crippen molar-refractivity contribution < 1.29 is 27.5 Å². The fraction of sp³-hybridized carbons (Fsp3) is 0.542. The highest BCUT2D eigenvalue weighted by atomic mass is 19.4. The Morgan fingerprint density at radius 1 is 1.35 bits per heavy atom. The Morgan fingerprint density at radius 2 is 2.03 bits per heavy atom. The zero-order chi connectivity index (χ0) is 25.1. The normalized spacial score (nSPS) is 20.7. The molecule has 6 nitrogen and oxygen atoms in total. The molecule has 1 aromatic heterocycles. The minimum Gasteiger partial charge on any atom is -0.388 e. The van der Waals surface area contributed by atoms with Crippen LogP contribution in [0.3, 0.4) is 0 Å². The summed E-state index contributed by atoms with van der Waals surface area (Å²) in [6, 6.07) is 5.55. The van der Waals surface area contributed by atoms with Gasteiger partial charge in [0.05, 0.1) is 11.3 Å². The Labute approximate surface area is 195 Å². The number of aliphatic hydroxyl groups is 1. The topological polar surface area (TPSA) is 90.9 Å². The van der Waals surface area contributed by atoms with Gasteiger partial charge in [0.1, 0.15) is 17.7 Å². The molecule has 0 atom stereocenters. The Bertz CT molecular complexity index is 1080. The van der Waals surface area contributed by atoms with E-state index in [1.165, 1.54) is 16.7 Å². The minimum atomic E-state index is -4.35. The number of nitriles is 1. The van der Waals surface area contributed by atoms with Crippen molar-refractivity contribution in [3.8, 4) is 11.8 Å². The molecule has 0 spiro atoms. The molecule has 1 aliphatic rings. The van der Waals surface area contributed by atoms with E-state index in [1.807, 2.05) is 6.07 Å². The van der Waals surface area contributed by atoms with Crippen LogP contribution < -0.4 is 5.32 Å². The summed E-state index contributed by atoms with van der Waals surface area (Å²) in [6.45, 7) is 3.85. The molecular formula is C24H28F4N4O2. The van der Waals surface area contributed by atoms with Crippen molar-refractivity contribution in [2.24, 2.45) is 5.92 Å². The Balaban J connectivity index is 1.85. The average Bonchev–Trinajstić information content (AvgIpc) is 3.16. The van der Waals surface area contributed by atoms with Gasteiger partial charge in [-0.25, -0.2) is 9.37 Å². The number of hydrogen-bond acceptors (Lipinski definition) is 4. The number of nitrogens with one attached hydrogen (secondary N) is 1. The van der Waals surface area contributed by atoms with Crippen molar-refractivity contribution in [1.29, 1.82) is 5.26 Å². The van der Waals surface area contributed by atoms with Gasteiger partial charge in [-0.1, -0.05) is 19.9 Å². The van der Waals surface area contributed by atoms with Crippen molar-refractivity contribution in [3.05, 3.63) is 46.8 Å². The number of benzene rings is 1. The second-order valence-electron chi connectivity index (χ2n) is 9.02. The zero-order valence-electron chi connectivity index (χ0n) is 19.2. The number of aryl methyl sites for hydroxylation is 2. The Hall–Kier alpha value is -2.93. The van der Waals surface area contributed by atoms with E-state index < -0.39 is 29.9 Å². The number of aromatic nitrogens is 2. The maximum Gasteiger partial charge on any atom is 0.389 e. The van der Waals surface area contributed by atoms with Crippen LogP contribution in [0.25, 0.3) is 5.69 Å². The van der Waals surface area contributed by atoms with E-state index in [9.17, 15) is 32.7 Å². The molecule has 2 aromatic rings. The molecule has 10 heteroatoms. The summed E-state index contributed by atoms with van der Waals surface area (Å²) >= 11 is 0. The Morgan fingerprint density at radius 3 is 2.59 bits per heavy atom. The van der Waals surface area contributed by atoms with Crippen molar-refractivity contribution in [3.63, 3.8) is 0 Å². The molecule has 1 heterocycles. The maximum atomic E-state index is 14.9. The summed E-state index contributed by atoms with van der Waals surface area (Å²) in [7, 11) is 0. The molecule has 0 radical (unpaired) electrons. The van der Waals surface area contributed by atoms with E-state index in [0.717, 1.165) is 18.9 Å². The smallest absolute Gasteiger partial charge is 0.388 e. The van der Waals surface area contributed by atoms with Crippen LogP contribution in [0.15, 0.2) is 18.2 Å². The van der Waals surface area contributed by atoms with E-state index in [1.54, 1.807) is 6.92 Å². The van der Waals surface area contributed by atoms with E-state index in [0.29, 0.717) is 18.8 Å². The predicted molar refractivity (Wildman–Crippen MR) is 117 cm³/mol. The lowest BCUT2D eigenvalue weighted by Gasteiger charge is -2.34. The number of carbonyl (C=O) groups is 1. The summed E-state index contributed by atoms with van der Waals surface area (Å²) in [5.74, 6) is -0.701. The standard InChI is InChI=1S/C24H28F4N4O2/c1-3-20-31-21(22(33)30-14-23(34)9-6-15(2)7-10-23)19(13-29)32(20)18-5-4-16(12-17(18)25)8-11-24(26,27)28/h4-5,12,15,34H,3,6-11,14H2,1-2H3,(H,30,33). The van der Waals surface area contributed by atoms with Crippen LogP contribution in [0.5, 0.6) is 0 Å². The first-order chi connectivity index (χ1) is 16.0. The van der Waals surface area contributed by atoms with Gasteiger partial charge in [0.25, 0.3) is 5.91 Å². The largest absolute Gasteiger partial charge is 0.389 e. The molecule has 1 aromatic carbocycles. The number of hydrogen-bond donors (Lipinski definition) is 2. The molecule has 0 aliphatic heterocycles. The lowest BCUT2D eigenvalue weighted by Crippen LogP contribution is -2.45. The van der Waals surface area contributed by atoms with Gasteiger partial charge in [-0.3, -0.25) is 9.36 Å². The zero-order valence-corrected chi connectivity index (χ0v) is 19.2. The molecule has 1 amide bonds. The maximum absolute atomic E-state index is 14.9. The molecule has 184 valence electrons. The third kappa shape index (κ3) is 5.95. The fourth-order valence-corrected chi connectivity index (χ4v) is 4.20. The molecule has 1 fully saturated rings. The first-order valence-corrected chi connectivity index (χ1v) is 11.3. The first kappa shape index (κ1) is 25.7. The highest BCUT2D eigenvalue weighted by molar-refractivity contribution is 5.94. The Kier molecular flexibility index (Phi) is 7.66. The van der Waals surface area contributed by atoms with Crippen LogP contribution in [0, 0.1) is 23.1 Å². The summed E-state index contributed by atoms with van der Waals surface area (Å²) in [5.41, 5.74) is -1.30. The van der Waals surface area contributed by atoms with Gasteiger partial charge >= 0.3 is 6.18 Å². The molecule has 0 bridgehead atoms. The fourth-order valence-electron chi connectivity index (χ4n) is 4.20. The number of amides is 1. The van der Waals surface area contributed by atoms with Gasteiger partial charge in [0.2, 0.25) is 0 Å². The molecule has 0 saturated heterocycles. The number of nitrogens with zero attached hydrogens (tertiary/aromatic N) is 3. The number of carbonyl (C=O) groups excluding carboxylic acids is 1. The van der Waals surface area contributed by atoms with Crippen molar-refractivity contribution in [2.45, 2.75) is 70.6 Å². The van der Waals surface area contributed by atoms with Gasteiger partial charge in [-0.05, 0) is 55.7 Å². The van der Waals surface area contributed by atoms with E-state index >= 15 is 0 Å².